The van der Waals surface area contributed by atoms with Gasteiger partial charge in [-0.15, -0.1) is 0 Å². The Hall–Kier alpha value is -2.44. The van der Waals surface area contributed by atoms with Crippen molar-refractivity contribution in [2.75, 3.05) is 0 Å². The summed E-state index contributed by atoms with van der Waals surface area (Å²) in [7, 11) is 0. The molecule has 1 aromatic heterocycles. The molecule has 3 N–H and O–H groups in total. The van der Waals surface area contributed by atoms with Gasteiger partial charge in [-0.2, -0.15) is 0 Å². The van der Waals surface area contributed by atoms with Crippen molar-refractivity contribution in [3.63, 3.8) is 0 Å². The van der Waals surface area contributed by atoms with E-state index >= 15 is 0 Å². The van der Waals surface area contributed by atoms with Gasteiger partial charge in [0.1, 0.15) is 6.04 Å². The number of hydrogen-bond donors (Lipinski definition) is 3. The van der Waals surface area contributed by atoms with Crippen molar-refractivity contribution < 1.29 is 14.4 Å². The number of nitrogens with zero attached hydrogens (tertiary/aromatic N) is 1. The van der Waals surface area contributed by atoms with Crippen molar-refractivity contribution in [2.45, 2.75) is 51.5 Å². The van der Waals surface area contributed by atoms with Crippen molar-refractivity contribution in [2.24, 2.45) is 23.2 Å². The zero-order valence-corrected chi connectivity index (χ0v) is 15.5. The molecule has 4 saturated carbocycles. The molecule has 1 heterocycles. The lowest BCUT2D eigenvalue weighted by atomic mass is 9.49. The number of rotatable bonds is 4. The quantitative estimate of drug-likeness (QED) is 0.700. The first-order valence-electron chi connectivity index (χ1n) is 9.76. The van der Waals surface area contributed by atoms with Crippen molar-refractivity contribution in [3.05, 3.63) is 30.1 Å². The van der Waals surface area contributed by atoms with Gasteiger partial charge in [0.2, 0.25) is 5.91 Å². The highest BCUT2D eigenvalue weighted by atomic mass is 16.2. The molecule has 0 aliphatic heterocycles. The summed E-state index contributed by atoms with van der Waals surface area (Å²) in [5.41, 5.74) is 4.87. The number of pyridine rings is 1. The Balaban J connectivity index is 1.31. The van der Waals surface area contributed by atoms with Crippen LogP contribution in [-0.4, -0.2) is 28.7 Å². The topological polar surface area (TPSA) is 100 Å². The predicted octanol–water partition coefficient (Wildman–Crippen LogP) is 1.56. The Kier molecular flexibility index (Phi) is 4.61. The fraction of sp³-hybridized carbons (Fsp3) is 0.600. The molecule has 4 fully saturated rings. The van der Waals surface area contributed by atoms with E-state index in [9.17, 15) is 14.4 Å². The average molecular weight is 370 g/mol. The number of hydrazine groups is 1. The number of nitrogens with one attached hydrogen (secondary N) is 3. The fourth-order valence-corrected chi connectivity index (χ4v) is 5.61. The summed E-state index contributed by atoms with van der Waals surface area (Å²) in [6.45, 7) is 1.65. The van der Waals surface area contributed by atoms with E-state index in [0.29, 0.717) is 23.3 Å². The second kappa shape index (κ2) is 6.94. The molecule has 144 valence electrons. The molecule has 1 aromatic rings. The summed E-state index contributed by atoms with van der Waals surface area (Å²) in [5, 5.41) is 2.89. The largest absolute Gasteiger partial charge is 0.344 e. The van der Waals surface area contributed by atoms with Crippen LogP contribution in [-0.2, 0) is 9.59 Å². The van der Waals surface area contributed by atoms with Crippen LogP contribution < -0.4 is 16.2 Å². The van der Waals surface area contributed by atoms with Gasteiger partial charge in [0.05, 0.1) is 0 Å². The summed E-state index contributed by atoms with van der Waals surface area (Å²) in [5.74, 6) is 1.16. The molecule has 0 radical (unpaired) electrons. The third kappa shape index (κ3) is 3.55. The van der Waals surface area contributed by atoms with Gasteiger partial charge in [0, 0.05) is 23.4 Å². The van der Waals surface area contributed by atoms with Crippen LogP contribution >= 0.6 is 0 Å². The Morgan fingerprint density at radius 1 is 1.00 bits per heavy atom. The highest BCUT2D eigenvalue weighted by molar-refractivity contribution is 5.96. The molecular formula is C20H26N4O3. The molecule has 7 nitrogen and oxygen atoms in total. The third-order valence-corrected chi connectivity index (χ3v) is 6.50. The zero-order chi connectivity index (χ0) is 19.0. The standard InChI is InChI=1S/C20H26N4O3/c1-12(17(25)23-24-18(26)16-2-4-21-5-3-16)22-19(27)20-9-13-6-14(10-20)8-15(7-13)11-20/h2-5,12-15H,6-11H2,1H3,(H,22,27)(H,23,25)(H,24,26). The van der Waals surface area contributed by atoms with E-state index in [-0.39, 0.29) is 11.3 Å². The van der Waals surface area contributed by atoms with Crippen molar-refractivity contribution in [1.82, 2.24) is 21.2 Å². The third-order valence-electron chi connectivity index (χ3n) is 6.50. The number of carbonyl (C=O) groups excluding carboxylic acids is 3. The maximum atomic E-state index is 13.0. The number of aromatic nitrogens is 1. The summed E-state index contributed by atoms with van der Waals surface area (Å²) in [6.07, 6.45) is 9.68. The van der Waals surface area contributed by atoms with Crippen LogP contribution in [0.1, 0.15) is 55.8 Å². The maximum absolute atomic E-state index is 13.0. The lowest BCUT2D eigenvalue weighted by Crippen LogP contribution is -2.57. The summed E-state index contributed by atoms with van der Waals surface area (Å²) < 4.78 is 0. The van der Waals surface area contributed by atoms with E-state index in [1.807, 2.05) is 0 Å². The lowest BCUT2D eigenvalue weighted by molar-refractivity contribution is -0.148. The molecule has 4 bridgehead atoms. The van der Waals surface area contributed by atoms with Gasteiger partial charge >= 0.3 is 0 Å². The first-order chi connectivity index (χ1) is 12.9. The summed E-state index contributed by atoms with van der Waals surface area (Å²) >= 11 is 0. The van der Waals surface area contributed by atoms with Gasteiger partial charge in [-0.3, -0.25) is 30.2 Å². The predicted molar refractivity (Wildman–Crippen MR) is 98.1 cm³/mol. The van der Waals surface area contributed by atoms with Gasteiger partial charge in [-0.05, 0) is 75.3 Å². The van der Waals surface area contributed by atoms with Crippen molar-refractivity contribution >= 4 is 17.7 Å². The van der Waals surface area contributed by atoms with E-state index in [2.05, 4.69) is 21.2 Å². The molecule has 4 aliphatic carbocycles. The van der Waals surface area contributed by atoms with Crippen LogP contribution in [0.4, 0.5) is 0 Å². The minimum atomic E-state index is -0.705. The molecule has 0 saturated heterocycles. The SMILES string of the molecule is CC(NC(=O)C12CC3CC(CC(C3)C1)C2)C(=O)NNC(=O)c1ccncc1. The van der Waals surface area contributed by atoms with Gasteiger partial charge in [0.15, 0.2) is 0 Å². The maximum Gasteiger partial charge on any atom is 0.269 e. The van der Waals surface area contributed by atoms with E-state index < -0.39 is 17.9 Å². The number of hydrogen-bond acceptors (Lipinski definition) is 4. The van der Waals surface area contributed by atoms with Gasteiger partial charge in [-0.25, -0.2) is 0 Å². The van der Waals surface area contributed by atoms with E-state index in [1.54, 1.807) is 19.1 Å². The molecule has 0 spiro atoms. The summed E-state index contributed by atoms with van der Waals surface area (Å²) in [4.78, 5) is 41.1. The highest BCUT2D eigenvalue weighted by Gasteiger charge is 2.54. The van der Waals surface area contributed by atoms with Crippen molar-refractivity contribution in [1.29, 1.82) is 0 Å². The van der Waals surface area contributed by atoms with Crippen LogP contribution in [0, 0.1) is 23.2 Å². The number of carbonyl (C=O) groups is 3. The highest BCUT2D eigenvalue weighted by Crippen LogP contribution is 2.60. The molecular weight excluding hydrogens is 344 g/mol. The normalized spacial score (nSPS) is 31.8. The Morgan fingerprint density at radius 3 is 2.11 bits per heavy atom. The Morgan fingerprint density at radius 2 is 1.56 bits per heavy atom. The van der Waals surface area contributed by atoms with Crippen LogP contribution in [0.15, 0.2) is 24.5 Å². The first kappa shape index (κ1) is 17.9. The van der Waals surface area contributed by atoms with Crippen molar-refractivity contribution in [3.8, 4) is 0 Å². The van der Waals surface area contributed by atoms with Crippen LogP contribution in [0.5, 0.6) is 0 Å². The Bertz CT molecular complexity index is 714. The van der Waals surface area contributed by atoms with Crippen LogP contribution in [0.3, 0.4) is 0 Å². The van der Waals surface area contributed by atoms with E-state index in [4.69, 9.17) is 0 Å². The molecule has 1 atom stereocenters. The smallest absolute Gasteiger partial charge is 0.269 e. The van der Waals surface area contributed by atoms with Gasteiger partial charge in [-0.1, -0.05) is 0 Å². The molecule has 3 amide bonds. The molecule has 1 unspecified atom stereocenters. The summed E-state index contributed by atoms with van der Waals surface area (Å²) in [6, 6.07) is 2.41. The molecule has 5 rings (SSSR count). The van der Waals surface area contributed by atoms with E-state index in [1.165, 1.54) is 31.7 Å². The van der Waals surface area contributed by atoms with Gasteiger partial charge < -0.3 is 5.32 Å². The molecule has 7 heteroatoms. The molecule has 4 aliphatic rings. The van der Waals surface area contributed by atoms with E-state index in [0.717, 1.165) is 19.3 Å². The monoisotopic (exact) mass is 370 g/mol. The Labute approximate surface area is 158 Å². The zero-order valence-electron chi connectivity index (χ0n) is 15.5. The second-order valence-electron chi connectivity index (χ2n) is 8.57. The minimum Gasteiger partial charge on any atom is -0.344 e. The van der Waals surface area contributed by atoms with Crippen LogP contribution in [0.2, 0.25) is 0 Å². The fourth-order valence-electron chi connectivity index (χ4n) is 5.61. The molecule has 0 aromatic carbocycles. The average Bonchev–Trinajstić information content (AvgIpc) is 2.65. The number of amides is 3. The molecule has 27 heavy (non-hydrogen) atoms. The minimum absolute atomic E-state index is 0.00436. The lowest BCUT2D eigenvalue weighted by Gasteiger charge is -2.55. The van der Waals surface area contributed by atoms with Gasteiger partial charge in [0.25, 0.3) is 11.8 Å². The van der Waals surface area contributed by atoms with Crippen LogP contribution in [0.25, 0.3) is 0 Å². The second-order valence-corrected chi connectivity index (χ2v) is 8.57. The first-order valence-corrected chi connectivity index (χ1v) is 9.76.